The first-order valence-electron chi connectivity index (χ1n) is 14.1. The van der Waals surface area contributed by atoms with Crippen LogP contribution in [0.15, 0.2) is 55.0 Å². The summed E-state index contributed by atoms with van der Waals surface area (Å²) in [6.45, 7) is 0.460. The lowest BCUT2D eigenvalue weighted by Crippen LogP contribution is -2.52. The third kappa shape index (κ3) is 4.90. The van der Waals surface area contributed by atoms with E-state index in [1.54, 1.807) is 35.3 Å². The summed E-state index contributed by atoms with van der Waals surface area (Å²) in [7, 11) is -4.15. The molecule has 0 unspecified atom stereocenters. The number of aryl methyl sites for hydroxylation is 1. The average molecular weight is 629 g/mol. The lowest BCUT2D eigenvalue weighted by Gasteiger charge is -2.44. The lowest BCUT2D eigenvalue weighted by atomic mass is 9.82. The van der Waals surface area contributed by atoms with E-state index >= 15 is 0 Å². The van der Waals surface area contributed by atoms with Crippen molar-refractivity contribution in [3.8, 4) is 22.6 Å². The molecule has 2 aliphatic heterocycles. The number of ether oxygens (including phenoxy) is 1. The highest BCUT2D eigenvalue weighted by Gasteiger charge is 2.49. The summed E-state index contributed by atoms with van der Waals surface area (Å²) in [6.07, 6.45) is 7.82. The van der Waals surface area contributed by atoms with E-state index in [1.807, 2.05) is 23.9 Å². The Balaban J connectivity index is 1.12. The van der Waals surface area contributed by atoms with E-state index in [0.29, 0.717) is 29.7 Å². The summed E-state index contributed by atoms with van der Waals surface area (Å²) >= 11 is 0. The van der Waals surface area contributed by atoms with E-state index in [4.69, 9.17) is 4.74 Å². The number of hydrogen-bond acceptors (Lipinski definition) is 7. The van der Waals surface area contributed by atoms with E-state index in [0.717, 1.165) is 30.0 Å². The standard InChI is InChI=1S/C30H27F3N4O6S/c1-35-17-20(16-34-35)18-2-5-26-23(12-18)25(38)15-29(42-26)7-10-36(11-8-29)28(39)19-13-24-22(6-9-37(24)21-3-4-21)27(14-19)43-44(40,41)30(31,32)33/h2,5-6,9,12-14,16-17,21H,3-4,7-8,10-11,15H2,1H3. The molecule has 1 spiro atoms. The van der Waals surface area contributed by atoms with Gasteiger partial charge in [-0.3, -0.25) is 14.3 Å². The zero-order valence-electron chi connectivity index (χ0n) is 23.5. The molecule has 0 bridgehead atoms. The first-order valence-corrected chi connectivity index (χ1v) is 15.5. The number of benzene rings is 2. The van der Waals surface area contributed by atoms with Crippen LogP contribution in [-0.2, 0) is 17.2 Å². The van der Waals surface area contributed by atoms with Crippen molar-refractivity contribution in [3.63, 3.8) is 0 Å². The smallest absolute Gasteiger partial charge is 0.486 e. The fourth-order valence-corrected chi connectivity index (χ4v) is 6.55. The second-order valence-electron chi connectivity index (χ2n) is 11.6. The Kier molecular flexibility index (Phi) is 6.36. The van der Waals surface area contributed by atoms with Crippen molar-refractivity contribution in [3.05, 3.63) is 66.1 Å². The minimum Gasteiger partial charge on any atom is -0.486 e. The fraction of sp³-hybridized carbons (Fsp3) is 0.367. The van der Waals surface area contributed by atoms with Crippen LogP contribution in [-0.4, -0.2) is 63.6 Å². The molecule has 1 amide bonds. The summed E-state index contributed by atoms with van der Waals surface area (Å²) in [5.74, 6) is -0.619. The Hall–Kier alpha value is -4.33. The fourth-order valence-electron chi connectivity index (χ4n) is 6.08. The molecule has 7 rings (SSSR count). The minimum atomic E-state index is -5.96. The first-order chi connectivity index (χ1) is 20.8. The highest BCUT2D eigenvalue weighted by molar-refractivity contribution is 7.88. The number of carbonyl (C=O) groups is 2. The van der Waals surface area contributed by atoms with Crippen molar-refractivity contribution in [1.29, 1.82) is 0 Å². The van der Waals surface area contributed by atoms with Gasteiger partial charge in [-0.25, -0.2) is 0 Å². The topological polar surface area (TPSA) is 113 Å². The van der Waals surface area contributed by atoms with Gasteiger partial charge in [0.1, 0.15) is 11.4 Å². The van der Waals surface area contributed by atoms with Crippen molar-refractivity contribution < 1.29 is 40.1 Å². The minimum absolute atomic E-state index is 0.00957. The molecule has 1 saturated heterocycles. The third-order valence-electron chi connectivity index (χ3n) is 8.56. The number of aromatic nitrogens is 3. The number of nitrogens with zero attached hydrogens (tertiary/aromatic N) is 4. The van der Waals surface area contributed by atoms with Crippen LogP contribution in [0.25, 0.3) is 22.0 Å². The zero-order valence-corrected chi connectivity index (χ0v) is 24.3. The van der Waals surface area contributed by atoms with Crippen LogP contribution < -0.4 is 8.92 Å². The monoisotopic (exact) mass is 628 g/mol. The van der Waals surface area contributed by atoms with Gasteiger partial charge in [-0.15, -0.1) is 0 Å². The summed E-state index contributed by atoms with van der Waals surface area (Å²) in [6, 6.07) is 9.65. The number of ketones is 1. The maximum absolute atomic E-state index is 13.7. The van der Waals surface area contributed by atoms with E-state index in [9.17, 15) is 31.2 Å². The van der Waals surface area contributed by atoms with Crippen LogP contribution in [0.1, 0.15) is 58.9 Å². The number of amides is 1. The number of rotatable bonds is 5. The van der Waals surface area contributed by atoms with Crippen molar-refractivity contribution in [2.45, 2.75) is 49.3 Å². The highest BCUT2D eigenvalue weighted by Crippen LogP contribution is 2.43. The van der Waals surface area contributed by atoms with E-state index in [2.05, 4.69) is 9.28 Å². The molecule has 44 heavy (non-hydrogen) atoms. The molecular weight excluding hydrogens is 601 g/mol. The molecule has 1 aliphatic carbocycles. The van der Waals surface area contributed by atoms with Gasteiger partial charge in [0.15, 0.2) is 11.5 Å². The van der Waals surface area contributed by atoms with Gasteiger partial charge in [0.2, 0.25) is 0 Å². The summed E-state index contributed by atoms with van der Waals surface area (Å²) in [5.41, 5.74) is -3.78. The van der Waals surface area contributed by atoms with E-state index in [1.165, 1.54) is 11.0 Å². The number of likely N-dealkylation sites (tertiary alicyclic amines) is 1. The number of hydrogen-bond donors (Lipinski definition) is 0. The van der Waals surface area contributed by atoms with Gasteiger partial charge in [0, 0.05) is 67.9 Å². The Morgan fingerprint density at radius 1 is 1.09 bits per heavy atom. The van der Waals surface area contributed by atoms with Gasteiger partial charge in [0.25, 0.3) is 5.91 Å². The predicted molar refractivity (Wildman–Crippen MR) is 152 cm³/mol. The summed E-state index contributed by atoms with van der Waals surface area (Å²) in [5, 5.41) is 4.35. The maximum atomic E-state index is 13.7. The van der Waals surface area contributed by atoms with Crippen LogP contribution in [0.2, 0.25) is 0 Å². The van der Waals surface area contributed by atoms with Crippen LogP contribution in [0.3, 0.4) is 0 Å². The largest absolute Gasteiger partial charge is 0.534 e. The van der Waals surface area contributed by atoms with Crippen molar-refractivity contribution >= 4 is 32.7 Å². The molecule has 2 aromatic heterocycles. The number of alkyl halides is 3. The highest BCUT2D eigenvalue weighted by atomic mass is 32.2. The Labute approximate surface area is 250 Å². The number of fused-ring (bicyclic) bond motifs is 2. The molecule has 3 aliphatic rings. The van der Waals surface area contributed by atoms with Crippen molar-refractivity contribution in [2.24, 2.45) is 7.05 Å². The predicted octanol–water partition coefficient (Wildman–Crippen LogP) is 5.25. The third-order valence-corrected chi connectivity index (χ3v) is 9.53. The molecule has 2 fully saturated rings. The molecule has 10 nitrogen and oxygen atoms in total. The van der Waals surface area contributed by atoms with Gasteiger partial charge in [-0.1, -0.05) is 6.07 Å². The Morgan fingerprint density at radius 3 is 2.50 bits per heavy atom. The molecule has 4 aromatic rings. The molecule has 1 saturated carbocycles. The molecule has 14 heteroatoms. The van der Waals surface area contributed by atoms with Gasteiger partial charge in [0.05, 0.1) is 23.7 Å². The first kappa shape index (κ1) is 28.4. The van der Waals surface area contributed by atoms with Crippen LogP contribution in [0.4, 0.5) is 13.2 Å². The molecule has 0 atom stereocenters. The van der Waals surface area contributed by atoms with Gasteiger partial charge >= 0.3 is 15.6 Å². The molecule has 230 valence electrons. The number of Topliss-reactive ketones (excluding diaryl/α,β-unsaturated/α-hetero) is 1. The van der Waals surface area contributed by atoms with Gasteiger partial charge in [-0.05, 0) is 48.7 Å². The van der Waals surface area contributed by atoms with Crippen LogP contribution >= 0.6 is 0 Å². The van der Waals surface area contributed by atoms with E-state index < -0.39 is 32.9 Å². The Bertz CT molecular complexity index is 1940. The molecule has 0 N–H and O–H groups in total. The van der Waals surface area contributed by atoms with Crippen LogP contribution in [0, 0.1) is 0 Å². The average Bonchev–Trinajstić information content (AvgIpc) is 3.57. The summed E-state index contributed by atoms with van der Waals surface area (Å²) in [4.78, 5) is 28.5. The second-order valence-corrected chi connectivity index (χ2v) is 13.2. The quantitative estimate of drug-likeness (QED) is 0.219. The summed E-state index contributed by atoms with van der Waals surface area (Å²) < 4.78 is 77.7. The molecular formula is C30H27F3N4O6S. The molecule has 2 aromatic carbocycles. The molecule has 0 radical (unpaired) electrons. The van der Waals surface area contributed by atoms with Crippen molar-refractivity contribution in [1.82, 2.24) is 19.2 Å². The van der Waals surface area contributed by atoms with Gasteiger partial charge in [-0.2, -0.15) is 26.7 Å². The lowest BCUT2D eigenvalue weighted by molar-refractivity contribution is -0.0499. The normalized spacial score (nSPS) is 18.4. The number of piperidine rings is 1. The second kappa shape index (κ2) is 9.84. The molecule has 4 heterocycles. The Morgan fingerprint density at radius 2 is 1.84 bits per heavy atom. The number of carbonyl (C=O) groups excluding carboxylic acids is 2. The van der Waals surface area contributed by atoms with Crippen molar-refractivity contribution in [2.75, 3.05) is 13.1 Å². The SMILES string of the molecule is Cn1cc(-c2ccc3c(c2)C(=O)CC2(CCN(C(=O)c4cc(OS(=O)(=O)C(F)(F)F)c5ccn(C6CC6)c5c4)CC2)O3)cn1. The van der Waals surface area contributed by atoms with E-state index in [-0.39, 0.29) is 42.3 Å². The number of halogens is 3. The van der Waals surface area contributed by atoms with Crippen LogP contribution in [0.5, 0.6) is 11.5 Å². The zero-order chi connectivity index (χ0) is 31.0. The van der Waals surface area contributed by atoms with Gasteiger partial charge < -0.3 is 18.4 Å². The maximum Gasteiger partial charge on any atom is 0.534 e.